The van der Waals surface area contributed by atoms with Gasteiger partial charge in [-0.15, -0.1) is 0 Å². The summed E-state index contributed by atoms with van der Waals surface area (Å²) < 4.78 is 6.21. The van der Waals surface area contributed by atoms with Gasteiger partial charge >= 0.3 is 0 Å². The molecule has 0 amide bonds. The van der Waals surface area contributed by atoms with Crippen molar-refractivity contribution in [3.05, 3.63) is 58.6 Å². The molecule has 0 aromatic heterocycles. The Balaban J connectivity index is 2.31. The van der Waals surface area contributed by atoms with Gasteiger partial charge in [0.1, 0.15) is 11.8 Å². The highest BCUT2D eigenvalue weighted by Crippen LogP contribution is 2.30. The lowest BCUT2D eigenvalue weighted by Gasteiger charge is -2.17. The summed E-state index contributed by atoms with van der Waals surface area (Å²) in [7, 11) is 1.60. The number of methoxy groups -OCH3 is 1. The van der Waals surface area contributed by atoms with Crippen LogP contribution in [0.4, 0.5) is 5.69 Å². The third-order valence-corrected chi connectivity index (χ3v) is 3.44. The van der Waals surface area contributed by atoms with Gasteiger partial charge in [0.15, 0.2) is 0 Å². The van der Waals surface area contributed by atoms with E-state index in [9.17, 15) is 5.26 Å². The van der Waals surface area contributed by atoms with E-state index in [2.05, 4.69) is 27.3 Å². The number of benzene rings is 2. The Morgan fingerprint density at radius 2 is 1.84 bits per heavy atom. The van der Waals surface area contributed by atoms with Crippen LogP contribution in [0.1, 0.15) is 11.6 Å². The van der Waals surface area contributed by atoms with E-state index in [1.165, 1.54) is 0 Å². The van der Waals surface area contributed by atoms with E-state index in [0.29, 0.717) is 5.75 Å². The van der Waals surface area contributed by atoms with E-state index < -0.39 is 6.04 Å². The first-order valence-electron chi connectivity index (χ1n) is 5.80. The number of nitrogens with one attached hydrogen (secondary N) is 1. The van der Waals surface area contributed by atoms with Crippen molar-refractivity contribution in [3.8, 4) is 11.8 Å². The normalized spacial score (nSPS) is 11.4. The molecule has 0 fully saturated rings. The highest BCUT2D eigenvalue weighted by Gasteiger charge is 2.15. The molecule has 3 nitrogen and oxygen atoms in total. The first-order valence-corrected chi connectivity index (χ1v) is 6.59. The van der Waals surface area contributed by atoms with Gasteiger partial charge in [-0.3, -0.25) is 0 Å². The van der Waals surface area contributed by atoms with Crippen LogP contribution in [0.2, 0.25) is 0 Å². The largest absolute Gasteiger partial charge is 0.496 e. The van der Waals surface area contributed by atoms with Gasteiger partial charge in [0, 0.05) is 15.7 Å². The lowest BCUT2D eigenvalue weighted by Crippen LogP contribution is -2.10. The zero-order valence-electron chi connectivity index (χ0n) is 10.4. The third kappa shape index (κ3) is 3.07. The van der Waals surface area contributed by atoms with Crippen molar-refractivity contribution >= 4 is 21.6 Å². The molecule has 2 aromatic carbocycles. The van der Waals surface area contributed by atoms with Crippen molar-refractivity contribution in [2.24, 2.45) is 0 Å². The number of anilines is 1. The summed E-state index contributed by atoms with van der Waals surface area (Å²) in [5, 5.41) is 12.6. The molecule has 0 radical (unpaired) electrons. The molecule has 2 aromatic rings. The second-order valence-corrected chi connectivity index (χ2v) is 4.78. The quantitative estimate of drug-likeness (QED) is 0.922. The maximum atomic E-state index is 9.37. The second-order valence-electron chi connectivity index (χ2n) is 3.93. The maximum Gasteiger partial charge on any atom is 0.143 e. The van der Waals surface area contributed by atoms with Crippen molar-refractivity contribution < 1.29 is 4.74 Å². The molecule has 0 heterocycles. The van der Waals surface area contributed by atoms with E-state index in [0.717, 1.165) is 15.7 Å². The van der Waals surface area contributed by atoms with Gasteiger partial charge in [-0.1, -0.05) is 30.3 Å². The molecule has 0 saturated heterocycles. The molecule has 0 aliphatic rings. The van der Waals surface area contributed by atoms with Crippen LogP contribution in [0.15, 0.2) is 53.0 Å². The molecule has 0 aliphatic heterocycles. The Labute approximate surface area is 121 Å². The van der Waals surface area contributed by atoms with Crippen LogP contribution in [0.5, 0.6) is 5.75 Å². The standard InChI is InChI=1S/C15H13BrN2O/c1-19-15-9-5-2-6-11(15)14(10-17)18-13-8-4-3-7-12(13)16/h2-9,14,18H,1H3. The molecule has 2 rings (SSSR count). The fourth-order valence-electron chi connectivity index (χ4n) is 1.82. The minimum Gasteiger partial charge on any atom is -0.496 e. The number of ether oxygens (including phenoxy) is 1. The van der Waals surface area contributed by atoms with E-state index in [1.54, 1.807) is 7.11 Å². The average Bonchev–Trinajstić information content (AvgIpc) is 2.46. The number of halogens is 1. The van der Waals surface area contributed by atoms with Gasteiger partial charge in [-0.25, -0.2) is 0 Å². The van der Waals surface area contributed by atoms with Gasteiger partial charge in [-0.05, 0) is 34.1 Å². The SMILES string of the molecule is COc1ccccc1C(C#N)Nc1ccccc1Br. The van der Waals surface area contributed by atoms with Gasteiger partial charge in [-0.2, -0.15) is 5.26 Å². The Bertz CT molecular complexity index is 607. The van der Waals surface area contributed by atoms with Gasteiger partial charge < -0.3 is 10.1 Å². The fraction of sp³-hybridized carbons (Fsp3) is 0.133. The zero-order valence-corrected chi connectivity index (χ0v) is 12.0. The average molecular weight is 317 g/mol. The van der Waals surface area contributed by atoms with Crippen LogP contribution in [-0.2, 0) is 0 Å². The fourth-order valence-corrected chi connectivity index (χ4v) is 2.22. The summed E-state index contributed by atoms with van der Waals surface area (Å²) in [5.74, 6) is 0.702. The highest BCUT2D eigenvalue weighted by molar-refractivity contribution is 9.10. The predicted molar refractivity (Wildman–Crippen MR) is 79.1 cm³/mol. The number of hydrogen-bond donors (Lipinski definition) is 1. The third-order valence-electron chi connectivity index (χ3n) is 2.75. The lowest BCUT2D eigenvalue weighted by atomic mass is 10.1. The molecule has 0 aliphatic carbocycles. The van der Waals surface area contributed by atoms with E-state index in [-0.39, 0.29) is 0 Å². The lowest BCUT2D eigenvalue weighted by molar-refractivity contribution is 0.409. The predicted octanol–water partition coefficient (Wildman–Crippen LogP) is 4.13. The van der Waals surface area contributed by atoms with Crippen LogP contribution in [-0.4, -0.2) is 7.11 Å². The first kappa shape index (κ1) is 13.4. The van der Waals surface area contributed by atoms with Crippen molar-refractivity contribution in [2.45, 2.75) is 6.04 Å². The molecule has 19 heavy (non-hydrogen) atoms. The van der Waals surface area contributed by atoms with Crippen molar-refractivity contribution in [1.29, 1.82) is 5.26 Å². The first-order chi connectivity index (χ1) is 9.26. The summed E-state index contributed by atoms with van der Waals surface area (Å²) in [5.41, 5.74) is 1.70. The summed E-state index contributed by atoms with van der Waals surface area (Å²) in [6.07, 6.45) is 0. The monoisotopic (exact) mass is 316 g/mol. The van der Waals surface area contributed by atoms with Crippen LogP contribution in [0.3, 0.4) is 0 Å². The Morgan fingerprint density at radius 3 is 2.53 bits per heavy atom. The molecule has 96 valence electrons. The Kier molecular flexibility index (Phi) is 4.43. The number of hydrogen-bond acceptors (Lipinski definition) is 3. The highest BCUT2D eigenvalue weighted by atomic mass is 79.9. The number of para-hydroxylation sites is 2. The van der Waals surface area contributed by atoms with Crippen molar-refractivity contribution in [1.82, 2.24) is 0 Å². The Morgan fingerprint density at radius 1 is 1.16 bits per heavy atom. The topological polar surface area (TPSA) is 45.0 Å². The van der Waals surface area contributed by atoms with Crippen molar-refractivity contribution in [2.75, 3.05) is 12.4 Å². The molecule has 1 atom stereocenters. The summed E-state index contributed by atoms with van der Waals surface area (Å²) >= 11 is 3.46. The molecular weight excluding hydrogens is 304 g/mol. The molecular formula is C15H13BrN2O. The van der Waals surface area contributed by atoms with E-state index in [1.807, 2.05) is 48.5 Å². The van der Waals surface area contributed by atoms with E-state index >= 15 is 0 Å². The molecule has 0 saturated carbocycles. The van der Waals surface area contributed by atoms with Crippen LogP contribution < -0.4 is 10.1 Å². The van der Waals surface area contributed by atoms with E-state index in [4.69, 9.17) is 4.74 Å². The van der Waals surface area contributed by atoms with Gasteiger partial charge in [0.25, 0.3) is 0 Å². The van der Waals surface area contributed by atoms with Crippen LogP contribution in [0, 0.1) is 11.3 Å². The molecule has 1 unspecified atom stereocenters. The summed E-state index contributed by atoms with van der Waals surface area (Å²) in [4.78, 5) is 0. The summed E-state index contributed by atoms with van der Waals surface area (Å²) in [6.45, 7) is 0. The van der Waals surface area contributed by atoms with Crippen LogP contribution in [0.25, 0.3) is 0 Å². The molecule has 0 spiro atoms. The minimum atomic E-state index is -0.463. The molecule has 1 N–H and O–H groups in total. The maximum absolute atomic E-state index is 9.37. The van der Waals surface area contributed by atoms with Crippen LogP contribution >= 0.6 is 15.9 Å². The second kappa shape index (κ2) is 6.26. The van der Waals surface area contributed by atoms with Crippen molar-refractivity contribution in [3.63, 3.8) is 0 Å². The smallest absolute Gasteiger partial charge is 0.143 e. The van der Waals surface area contributed by atoms with Gasteiger partial charge in [0.05, 0.1) is 13.2 Å². The molecule has 0 bridgehead atoms. The molecule has 4 heteroatoms. The Hall–Kier alpha value is -1.99. The summed E-state index contributed by atoms with van der Waals surface area (Å²) in [6, 6.07) is 17.0. The zero-order chi connectivity index (χ0) is 13.7. The number of nitrogens with zero attached hydrogens (tertiary/aromatic N) is 1. The van der Waals surface area contributed by atoms with Gasteiger partial charge in [0.2, 0.25) is 0 Å². The number of rotatable bonds is 4. The number of nitriles is 1. The minimum absolute atomic E-state index is 0.463.